The number of likely N-dealkylation sites (tertiary alicyclic amines) is 1. The molecule has 3 heterocycles. The van der Waals surface area contributed by atoms with Crippen LogP contribution in [0.15, 0.2) is 41.2 Å². The van der Waals surface area contributed by atoms with Crippen LogP contribution in [0.1, 0.15) is 18.0 Å². The van der Waals surface area contributed by atoms with Crippen molar-refractivity contribution in [3.05, 3.63) is 52.4 Å². The number of hydrogen-bond donors (Lipinski definition) is 2. The molecule has 164 valence electrons. The van der Waals surface area contributed by atoms with Crippen LogP contribution in [0.25, 0.3) is 0 Å². The van der Waals surface area contributed by atoms with Crippen LogP contribution in [0, 0.1) is 5.92 Å². The number of nitrogens with zero attached hydrogens (tertiary/aromatic N) is 2. The lowest BCUT2D eigenvalue weighted by Crippen LogP contribution is -2.50. The van der Waals surface area contributed by atoms with E-state index in [0.717, 1.165) is 17.9 Å². The fraction of sp³-hybridized carbons (Fsp3) is 0.409. The van der Waals surface area contributed by atoms with Crippen LogP contribution in [0.5, 0.6) is 5.75 Å². The highest BCUT2D eigenvalue weighted by atomic mass is 32.2. The van der Waals surface area contributed by atoms with Gasteiger partial charge >= 0.3 is 6.03 Å². The van der Waals surface area contributed by atoms with Crippen molar-refractivity contribution in [1.29, 1.82) is 0 Å². The summed E-state index contributed by atoms with van der Waals surface area (Å²) in [6.07, 6.45) is 2.76. The molecule has 9 heteroatoms. The molecule has 2 aliphatic rings. The maximum Gasteiger partial charge on any atom is 0.321 e. The number of benzene rings is 1. The number of ether oxygens (including phenoxy) is 1. The highest BCUT2D eigenvalue weighted by Crippen LogP contribution is 2.38. The molecule has 0 unspecified atom stereocenters. The second-order valence-corrected chi connectivity index (χ2v) is 8.79. The van der Waals surface area contributed by atoms with Gasteiger partial charge in [0.2, 0.25) is 5.91 Å². The molecule has 2 aliphatic heterocycles. The summed E-state index contributed by atoms with van der Waals surface area (Å²) in [6, 6.07) is 10.2. The highest BCUT2D eigenvalue weighted by molar-refractivity contribution is 7.99. The number of carbonyl (C=O) groups is 2. The smallest absolute Gasteiger partial charge is 0.321 e. The average Bonchev–Trinajstić information content (AvgIpc) is 2.76. The van der Waals surface area contributed by atoms with E-state index in [1.165, 1.54) is 17.8 Å². The molecular weight excluding hydrogens is 416 g/mol. The first-order valence-electron chi connectivity index (χ1n) is 10.2. The molecule has 2 N–H and O–H groups in total. The molecule has 1 aromatic heterocycles. The number of hydrogen-bond acceptors (Lipinski definition) is 5. The monoisotopic (exact) mass is 442 g/mol. The molecule has 0 saturated carbocycles. The van der Waals surface area contributed by atoms with Crippen LogP contribution < -0.4 is 20.9 Å². The summed E-state index contributed by atoms with van der Waals surface area (Å²) in [6.45, 7) is 1.63. The van der Waals surface area contributed by atoms with Crippen LogP contribution in [0.2, 0.25) is 0 Å². The number of nitrogens with one attached hydrogen (secondary N) is 2. The summed E-state index contributed by atoms with van der Waals surface area (Å²) in [5.41, 5.74) is 2.12. The van der Waals surface area contributed by atoms with E-state index in [1.807, 2.05) is 6.26 Å². The van der Waals surface area contributed by atoms with E-state index in [2.05, 4.69) is 10.6 Å². The van der Waals surface area contributed by atoms with E-state index in [1.54, 1.807) is 46.9 Å². The molecule has 1 fully saturated rings. The predicted molar refractivity (Wildman–Crippen MR) is 122 cm³/mol. The van der Waals surface area contributed by atoms with Gasteiger partial charge in [-0.05, 0) is 48.9 Å². The molecule has 2 aromatic rings. The number of pyridine rings is 1. The molecule has 0 spiro atoms. The standard InChI is InChI=1S/C22H26N4O4S/c1-30-17-5-3-16(4-6-17)23-22(29)25-10-14-9-15(12-25)21-18(24-19(27)13-31-2)7-8-20(28)26(21)11-14/h3-8,14-15H,9-13H2,1-2H3,(H,23,29)(H,24,27)/t14-,15+/m0/s1. The summed E-state index contributed by atoms with van der Waals surface area (Å²) in [5.74, 6) is 1.17. The Morgan fingerprint density at radius 1 is 1.10 bits per heavy atom. The van der Waals surface area contributed by atoms with Gasteiger partial charge in [0, 0.05) is 43.0 Å². The second kappa shape index (κ2) is 9.05. The zero-order chi connectivity index (χ0) is 22.0. The van der Waals surface area contributed by atoms with Crippen molar-refractivity contribution in [2.75, 3.05) is 42.8 Å². The van der Waals surface area contributed by atoms with Gasteiger partial charge in [0.05, 0.1) is 18.6 Å². The van der Waals surface area contributed by atoms with E-state index in [0.29, 0.717) is 36.8 Å². The first-order valence-corrected chi connectivity index (χ1v) is 11.6. The Morgan fingerprint density at radius 3 is 2.58 bits per heavy atom. The topological polar surface area (TPSA) is 92.7 Å². The largest absolute Gasteiger partial charge is 0.497 e. The van der Waals surface area contributed by atoms with Gasteiger partial charge in [0.15, 0.2) is 0 Å². The highest BCUT2D eigenvalue weighted by Gasteiger charge is 2.38. The third kappa shape index (κ3) is 4.56. The van der Waals surface area contributed by atoms with Gasteiger partial charge in [-0.15, -0.1) is 0 Å². The van der Waals surface area contributed by atoms with Gasteiger partial charge in [-0.1, -0.05) is 0 Å². The first-order chi connectivity index (χ1) is 15.0. The zero-order valence-corrected chi connectivity index (χ0v) is 18.4. The van der Waals surface area contributed by atoms with Crippen LogP contribution in [0.4, 0.5) is 16.2 Å². The molecule has 0 aliphatic carbocycles. The summed E-state index contributed by atoms with van der Waals surface area (Å²) < 4.78 is 6.93. The Bertz CT molecular complexity index is 1040. The minimum Gasteiger partial charge on any atom is -0.497 e. The molecule has 1 aromatic carbocycles. The molecule has 3 amide bonds. The summed E-state index contributed by atoms with van der Waals surface area (Å²) in [7, 11) is 1.60. The molecule has 0 radical (unpaired) electrons. The minimum absolute atomic E-state index is 0.00685. The average molecular weight is 443 g/mol. The fourth-order valence-corrected chi connectivity index (χ4v) is 4.82. The molecular formula is C22H26N4O4S. The quantitative estimate of drug-likeness (QED) is 0.743. The zero-order valence-electron chi connectivity index (χ0n) is 17.6. The third-order valence-corrected chi connectivity index (χ3v) is 6.32. The Labute approximate surface area is 185 Å². The van der Waals surface area contributed by atoms with Crippen molar-refractivity contribution in [3.63, 3.8) is 0 Å². The van der Waals surface area contributed by atoms with Gasteiger partial charge < -0.3 is 24.8 Å². The van der Waals surface area contributed by atoms with E-state index in [9.17, 15) is 14.4 Å². The number of amides is 3. The van der Waals surface area contributed by atoms with Gasteiger partial charge in [-0.25, -0.2) is 4.79 Å². The van der Waals surface area contributed by atoms with E-state index in [4.69, 9.17) is 4.74 Å². The van der Waals surface area contributed by atoms with Crippen molar-refractivity contribution in [3.8, 4) is 5.75 Å². The summed E-state index contributed by atoms with van der Waals surface area (Å²) in [5, 5.41) is 5.89. The molecule has 1 saturated heterocycles. The van der Waals surface area contributed by atoms with Gasteiger partial charge in [0.1, 0.15) is 5.75 Å². The lowest BCUT2D eigenvalue weighted by atomic mass is 9.82. The van der Waals surface area contributed by atoms with Crippen molar-refractivity contribution in [1.82, 2.24) is 9.47 Å². The number of methoxy groups -OCH3 is 1. The predicted octanol–water partition coefficient (Wildman–Crippen LogP) is 2.81. The minimum atomic E-state index is -0.167. The van der Waals surface area contributed by atoms with Crippen molar-refractivity contribution in [2.45, 2.75) is 18.9 Å². The molecule has 4 rings (SSSR count). The number of piperidine rings is 1. The SMILES string of the molecule is COc1ccc(NC(=O)N2C[C@@H]3C[C@H](C2)c2c(NC(=O)CSC)ccc(=O)n2C3)cc1. The second-order valence-electron chi connectivity index (χ2n) is 7.92. The first kappa shape index (κ1) is 21.3. The molecule has 31 heavy (non-hydrogen) atoms. The number of fused-ring (bicyclic) bond motifs is 4. The van der Waals surface area contributed by atoms with Crippen LogP contribution in [-0.4, -0.2) is 53.6 Å². The number of urea groups is 1. The van der Waals surface area contributed by atoms with Crippen LogP contribution in [0.3, 0.4) is 0 Å². The molecule has 2 bridgehead atoms. The number of carbonyl (C=O) groups excluding carboxylic acids is 2. The Morgan fingerprint density at radius 2 is 1.87 bits per heavy atom. The van der Waals surface area contributed by atoms with Crippen molar-refractivity contribution >= 4 is 35.1 Å². The van der Waals surface area contributed by atoms with E-state index < -0.39 is 0 Å². The molecule has 8 nitrogen and oxygen atoms in total. The van der Waals surface area contributed by atoms with E-state index >= 15 is 0 Å². The Hall–Kier alpha value is -2.94. The van der Waals surface area contributed by atoms with Crippen molar-refractivity contribution in [2.24, 2.45) is 5.92 Å². The number of anilines is 2. The van der Waals surface area contributed by atoms with Crippen LogP contribution in [-0.2, 0) is 11.3 Å². The normalized spacial score (nSPS) is 19.4. The number of rotatable bonds is 5. The van der Waals surface area contributed by atoms with E-state index in [-0.39, 0.29) is 29.3 Å². The Balaban J connectivity index is 1.54. The fourth-order valence-electron chi connectivity index (χ4n) is 4.48. The van der Waals surface area contributed by atoms with Gasteiger partial charge in [-0.3, -0.25) is 9.59 Å². The Kier molecular flexibility index (Phi) is 6.22. The van der Waals surface area contributed by atoms with Crippen molar-refractivity contribution < 1.29 is 14.3 Å². The van der Waals surface area contributed by atoms with Gasteiger partial charge in [-0.2, -0.15) is 11.8 Å². The lowest BCUT2D eigenvalue weighted by molar-refractivity contribution is -0.113. The molecule has 2 atom stereocenters. The number of aromatic nitrogens is 1. The van der Waals surface area contributed by atoms with Gasteiger partial charge in [0.25, 0.3) is 5.56 Å². The third-order valence-electron chi connectivity index (χ3n) is 5.77. The van der Waals surface area contributed by atoms with Crippen LogP contribution >= 0.6 is 11.8 Å². The maximum atomic E-state index is 12.9. The summed E-state index contributed by atoms with van der Waals surface area (Å²) >= 11 is 1.45. The maximum absolute atomic E-state index is 12.9. The summed E-state index contributed by atoms with van der Waals surface area (Å²) in [4.78, 5) is 39.4. The lowest BCUT2D eigenvalue weighted by Gasteiger charge is -2.43. The number of thioether (sulfide) groups is 1.